The van der Waals surface area contributed by atoms with Gasteiger partial charge in [0.25, 0.3) is 0 Å². The summed E-state index contributed by atoms with van der Waals surface area (Å²) in [6.07, 6.45) is 0.000201. The Balaban J connectivity index is 2.46. The molecule has 1 rings (SSSR count). The van der Waals surface area contributed by atoms with Gasteiger partial charge in [-0.1, -0.05) is 27.7 Å². The zero-order chi connectivity index (χ0) is 10.1. The molecule has 0 N–H and O–H groups in total. The average Bonchev–Trinajstić information content (AvgIpc) is 2.48. The van der Waals surface area contributed by atoms with Gasteiger partial charge in [-0.15, -0.1) is 11.6 Å². The second kappa shape index (κ2) is 4.16. The Bertz CT molecular complexity index is 165. The summed E-state index contributed by atoms with van der Waals surface area (Å²) in [6.45, 7) is 9.37. The lowest BCUT2D eigenvalue weighted by Gasteiger charge is -2.30. The number of halogens is 1. The lowest BCUT2D eigenvalue weighted by atomic mass is 9.82. The van der Waals surface area contributed by atoms with Crippen LogP contribution in [0.25, 0.3) is 0 Å². The highest BCUT2D eigenvalue weighted by Crippen LogP contribution is 2.33. The fraction of sp³-hybridized carbons (Fsp3) is 1.00. The van der Waals surface area contributed by atoms with Crippen molar-refractivity contribution in [2.24, 2.45) is 11.3 Å². The summed E-state index contributed by atoms with van der Waals surface area (Å²) in [4.78, 5) is 0. The highest BCUT2D eigenvalue weighted by molar-refractivity contribution is 6.18. The number of rotatable bonds is 2. The van der Waals surface area contributed by atoms with Crippen molar-refractivity contribution in [3.63, 3.8) is 0 Å². The third-order valence-electron chi connectivity index (χ3n) is 2.72. The van der Waals surface area contributed by atoms with Crippen molar-refractivity contribution in [1.82, 2.24) is 0 Å². The molecule has 0 aromatic carbocycles. The molecule has 2 nitrogen and oxygen atoms in total. The number of ether oxygens (including phenoxy) is 2. The van der Waals surface area contributed by atoms with E-state index in [1.165, 1.54) is 0 Å². The van der Waals surface area contributed by atoms with Gasteiger partial charge in [0.05, 0.1) is 18.6 Å². The number of alkyl halides is 1. The molecule has 78 valence electrons. The number of hydrogen-bond acceptors (Lipinski definition) is 2. The molecule has 13 heavy (non-hydrogen) atoms. The zero-order valence-corrected chi connectivity index (χ0v) is 9.60. The first-order valence-corrected chi connectivity index (χ1v) is 5.31. The normalized spacial score (nSPS) is 32.1. The van der Waals surface area contributed by atoms with Crippen molar-refractivity contribution in [1.29, 1.82) is 0 Å². The maximum Gasteiger partial charge on any atom is 0.161 e. The van der Waals surface area contributed by atoms with Crippen molar-refractivity contribution in [3.05, 3.63) is 0 Å². The third-order valence-corrected chi connectivity index (χ3v) is 3.06. The smallest absolute Gasteiger partial charge is 0.161 e. The van der Waals surface area contributed by atoms with Gasteiger partial charge < -0.3 is 9.47 Å². The van der Waals surface area contributed by atoms with Crippen LogP contribution in [0.2, 0.25) is 0 Å². The molecular weight excluding hydrogens is 188 g/mol. The minimum absolute atomic E-state index is 0.0799. The van der Waals surface area contributed by atoms with Gasteiger partial charge >= 0.3 is 0 Å². The van der Waals surface area contributed by atoms with Crippen LogP contribution in [0.3, 0.4) is 0 Å². The molecule has 1 fully saturated rings. The lowest BCUT2D eigenvalue weighted by molar-refractivity contribution is -0.115. The standard InChI is InChI=1S/C10H19ClO2/c1-7(10(2,3)4)9-12-6-8(5-11)13-9/h7-9H,5-6H2,1-4H3. The SMILES string of the molecule is CC(C1OCC(CCl)O1)C(C)(C)C. The van der Waals surface area contributed by atoms with Gasteiger partial charge in [0.2, 0.25) is 0 Å². The first kappa shape index (κ1) is 11.3. The minimum atomic E-state index is -0.0799. The maximum absolute atomic E-state index is 5.69. The molecule has 3 unspecified atom stereocenters. The first-order chi connectivity index (χ1) is 5.95. The van der Waals surface area contributed by atoms with E-state index in [1.54, 1.807) is 0 Å². The maximum atomic E-state index is 5.69. The minimum Gasteiger partial charge on any atom is -0.350 e. The summed E-state index contributed by atoms with van der Waals surface area (Å²) in [5.41, 5.74) is 0.214. The molecule has 1 heterocycles. The molecule has 0 radical (unpaired) electrons. The lowest BCUT2D eigenvalue weighted by Crippen LogP contribution is -2.31. The summed E-state index contributed by atoms with van der Waals surface area (Å²) in [5.74, 6) is 0.911. The van der Waals surface area contributed by atoms with Crippen LogP contribution >= 0.6 is 11.6 Å². The van der Waals surface area contributed by atoms with E-state index in [0.717, 1.165) is 0 Å². The molecule has 3 heteroatoms. The van der Waals surface area contributed by atoms with Crippen molar-refractivity contribution in [2.45, 2.75) is 40.1 Å². The van der Waals surface area contributed by atoms with Crippen LogP contribution in [-0.2, 0) is 9.47 Å². The summed E-state index contributed by atoms with van der Waals surface area (Å²) in [6, 6.07) is 0. The van der Waals surface area contributed by atoms with Crippen LogP contribution in [0.5, 0.6) is 0 Å². The predicted molar refractivity (Wildman–Crippen MR) is 54.0 cm³/mol. The molecule has 0 aromatic heterocycles. The van der Waals surface area contributed by atoms with Crippen LogP contribution in [0, 0.1) is 11.3 Å². The van der Waals surface area contributed by atoms with Crippen molar-refractivity contribution >= 4 is 11.6 Å². The van der Waals surface area contributed by atoms with Crippen molar-refractivity contribution < 1.29 is 9.47 Å². The Morgan fingerprint density at radius 2 is 2.08 bits per heavy atom. The second-order valence-corrected chi connectivity index (χ2v) is 5.08. The van der Waals surface area contributed by atoms with Gasteiger partial charge in [0.15, 0.2) is 6.29 Å². The Labute approximate surface area is 85.5 Å². The van der Waals surface area contributed by atoms with E-state index >= 15 is 0 Å². The second-order valence-electron chi connectivity index (χ2n) is 4.77. The summed E-state index contributed by atoms with van der Waals surface area (Å²) in [5, 5.41) is 0. The van der Waals surface area contributed by atoms with E-state index < -0.39 is 0 Å². The Morgan fingerprint density at radius 3 is 2.46 bits per heavy atom. The topological polar surface area (TPSA) is 18.5 Å². The first-order valence-electron chi connectivity index (χ1n) is 4.78. The molecule has 0 saturated carbocycles. The van der Waals surface area contributed by atoms with Crippen LogP contribution < -0.4 is 0 Å². The Hall–Kier alpha value is 0.210. The van der Waals surface area contributed by atoms with Gasteiger partial charge in [-0.3, -0.25) is 0 Å². The summed E-state index contributed by atoms with van der Waals surface area (Å²) in [7, 11) is 0. The van der Waals surface area contributed by atoms with E-state index in [0.29, 0.717) is 18.4 Å². The van der Waals surface area contributed by atoms with E-state index in [1.807, 2.05) is 0 Å². The molecule has 0 spiro atoms. The molecule has 0 aromatic rings. The molecule has 0 bridgehead atoms. The van der Waals surface area contributed by atoms with Crippen LogP contribution in [0.15, 0.2) is 0 Å². The largest absolute Gasteiger partial charge is 0.350 e. The third kappa shape index (κ3) is 2.83. The summed E-state index contributed by atoms with van der Waals surface area (Å²) < 4.78 is 11.2. The average molecular weight is 207 g/mol. The van der Waals surface area contributed by atoms with E-state index in [4.69, 9.17) is 21.1 Å². The van der Waals surface area contributed by atoms with Gasteiger partial charge in [-0.2, -0.15) is 0 Å². The van der Waals surface area contributed by atoms with Gasteiger partial charge in [-0.25, -0.2) is 0 Å². The van der Waals surface area contributed by atoms with Crippen LogP contribution in [0.4, 0.5) is 0 Å². The fourth-order valence-corrected chi connectivity index (χ4v) is 1.38. The van der Waals surface area contributed by atoms with E-state index in [2.05, 4.69) is 27.7 Å². The molecule has 1 aliphatic heterocycles. The van der Waals surface area contributed by atoms with Crippen molar-refractivity contribution in [2.75, 3.05) is 12.5 Å². The Morgan fingerprint density at radius 1 is 1.46 bits per heavy atom. The van der Waals surface area contributed by atoms with E-state index in [-0.39, 0.29) is 17.8 Å². The fourth-order valence-electron chi connectivity index (χ4n) is 1.22. The Kier molecular flexibility index (Phi) is 3.61. The molecule has 1 aliphatic rings. The highest BCUT2D eigenvalue weighted by atomic mass is 35.5. The zero-order valence-electron chi connectivity index (χ0n) is 8.84. The molecule has 0 amide bonds. The monoisotopic (exact) mass is 206 g/mol. The van der Waals surface area contributed by atoms with Crippen molar-refractivity contribution in [3.8, 4) is 0 Å². The molecule has 3 atom stereocenters. The van der Waals surface area contributed by atoms with Gasteiger partial charge in [0, 0.05) is 5.92 Å². The molecular formula is C10H19ClO2. The van der Waals surface area contributed by atoms with Gasteiger partial charge in [-0.05, 0) is 5.41 Å². The van der Waals surface area contributed by atoms with Crippen LogP contribution in [0.1, 0.15) is 27.7 Å². The quantitative estimate of drug-likeness (QED) is 0.647. The number of hydrogen-bond donors (Lipinski definition) is 0. The molecule has 1 saturated heterocycles. The van der Waals surface area contributed by atoms with E-state index in [9.17, 15) is 0 Å². The molecule has 0 aliphatic carbocycles. The van der Waals surface area contributed by atoms with Gasteiger partial charge in [0.1, 0.15) is 0 Å². The highest BCUT2D eigenvalue weighted by Gasteiger charge is 2.35. The summed E-state index contributed by atoms with van der Waals surface area (Å²) >= 11 is 5.69. The van der Waals surface area contributed by atoms with Crippen LogP contribution in [-0.4, -0.2) is 24.9 Å². The predicted octanol–water partition coefficient (Wildman–Crippen LogP) is 2.65.